The maximum atomic E-state index is 12.4. The molecule has 0 heterocycles. The Morgan fingerprint density at radius 2 is 1.62 bits per heavy atom. The van der Waals surface area contributed by atoms with Crippen LogP contribution in [0.15, 0.2) is 70.2 Å². The summed E-state index contributed by atoms with van der Waals surface area (Å²) in [6.45, 7) is -0.310. The van der Waals surface area contributed by atoms with Gasteiger partial charge in [0.05, 0.1) is 16.8 Å². The van der Waals surface area contributed by atoms with Crippen LogP contribution in [0, 0.1) is 0 Å². The number of hydrazone groups is 1. The Kier molecular flexibility index (Phi) is 8.53. The molecule has 1 N–H and O–H groups in total. The summed E-state index contributed by atoms with van der Waals surface area (Å²) in [5, 5.41) is 5.15. The van der Waals surface area contributed by atoms with Crippen LogP contribution in [0.3, 0.4) is 0 Å². The van der Waals surface area contributed by atoms with Crippen LogP contribution in [-0.2, 0) is 4.79 Å². The van der Waals surface area contributed by atoms with E-state index in [0.29, 0.717) is 26.9 Å². The summed E-state index contributed by atoms with van der Waals surface area (Å²) >= 11 is 21.0. The minimum absolute atomic E-state index is 0.260. The summed E-state index contributed by atoms with van der Waals surface area (Å²) in [6.07, 6.45) is 1.35. The fourth-order valence-corrected chi connectivity index (χ4v) is 3.37. The molecule has 0 aliphatic rings. The zero-order valence-electron chi connectivity index (χ0n) is 16.2. The number of esters is 1. The molecule has 3 aromatic rings. The summed E-state index contributed by atoms with van der Waals surface area (Å²) in [6, 6.07) is 16.0. The maximum absolute atomic E-state index is 12.4. The zero-order chi connectivity index (χ0) is 23.1. The first kappa shape index (κ1) is 24.1. The molecule has 10 heteroatoms. The molecule has 0 atom stereocenters. The van der Waals surface area contributed by atoms with Crippen molar-refractivity contribution >= 4 is 68.8 Å². The number of rotatable bonds is 7. The first-order valence-corrected chi connectivity index (χ1v) is 10.9. The van der Waals surface area contributed by atoms with Crippen molar-refractivity contribution in [3.05, 3.63) is 91.3 Å². The van der Waals surface area contributed by atoms with Crippen LogP contribution in [-0.4, -0.2) is 24.7 Å². The van der Waals surface area contributed by atoms with E-state index in [1.807, 2.05) is 0 Å². The van der Waals surface area contributed by atoms with Crippen molar-refractivity contribution < 1.29 is 19.1 Å². The summed E-state index contributed by atoms with van der Waals surface area (Å²) in [4.78, 5) is 24.4. The first-order valence-electron chi connectivity index (χ1n) is 8.99. The summed E-state index contributed by atoms with van der Waals surface area (Å²) in [5.74, 6) is -0.494. The second-order valence-electron chi connectivity index (χ2n) is 6.24. The molecule has 3 aromatic carbocycles. The van der Waals surface area contributed by atoms with Gasteiger partial charge >= 0.3 is 5.97 Å². The van der Waals surface area contributed by atoms with Gasteiger partial charge in [-0.15, -0.1) is 0 Å². The fraction of sp³-hybridized carbons (Fsp3) is 0.0455. The summed E-state index contributed by atoms with van der Waals surface area (Å²) < 4.78 is 11.5. The largest absolute Gasteiger partial charge is 0.482 e. The lowest BCUT2D eigenvalue weighted by molar-refractivity contribution is -0.123. The van der Waals surface area contributed by atoms with Crippen molar-refractivity contribution in [1.29, 1.82) is 0 Å². The fourth-order valence-electron chi connectivity index (χ4n) is 2.40. The second-order valence-corrected chi connectivity index (χ2v) is 8.43. The third-order valence-electron chi connectivity index (χ3n) is 3.90. The highest BCUT2D eigenvalue weighted by Gasteiger charge is 2.12. The summed E-state index contributed by atoms with van der Waals surface area (Å²) in [5.41, 5.74) is 3.14. The molecule has 1 amide bonds. The van der Waals surface area contributed by atoms with Gasteiger partial charge in [-0.3, -0.25) is 4.79 Å². The van der Waals surface area contributed by atoms with Gasteiger partial charge in [0.1, 0.15) is 11.5 Å². The molecule has 0 aliphatic heterocycles. The average molecular weight is 557 g/mol. The van der Waals surface area contributed by atoms with Gasteiger partial charge in [-0.1, -0.05) is 50.7 Å². The lowest BCUT2D eigenvalue weighted by atomic mass is 10.2. The molecule has 164 valence electrons. The zero-order valence-corrected chi connectivity index (χ0v) is 20.0. The normalized spacial score (nSPS) is 10.8. The van der Waals surface area contributed by atoms with Gasteiger partial charge in [-0.2, -0.15) is 5.10 Å². The van der Waals surface area contributed by atoms with Gasteiger partial charge in [0.25, 0.3) is 5.91 Å². The molecule has 0 bridgehead atoms. The number of hydrogen-bond donors (Lipinski definition) is 1. The van der Waals surface area contributed by atoms with Crippen LogP contribution in [0.25, 0.3) is 0 Å². The van der Waals surface area contributed by atoms with Gasteiger partial charge in [0, 0.05) is 20.1 Å². The highest BCUT2D eigenvalue weighted by molar-refractivity contribution is 9.10. The van der Waals surface area contributed by atoms with Crippen LogP contribution < -0.4 is 14.9 Å². The molecular weight excluding hydrogens is 543 g/mol. The van der Waals surface area contributed by atoms with E-state index in [1.165, 1.54) is 12.3 Å². The van der Waals surface area contributed by atoms with E-state index in [2.05, 4.69) is 26.5 Å². The molecule has 6 nitrogen and oxygen atoms in total. The number of nitrogens with zero attached hydrogens (tertiary/aromatic N) is 1. The van der Waals surface area contributed by atoms with E-state index in [4.69, 9.17) is 44.3 Å². The molecule has 3 rings (SSSR count). The molecule has 0 saturated carbocycles. The quantitative estimate of drug-likeness (QED) is 0.164. The first-order chi connectivity index (χ1) is 15.3. The topological polar surface area (TPSA) is 77.0 Å². The number of ether oxygens (including phenoxy) is 2. The highest BCUT2D eigenvalue weighted by Crippen LogP contribution is 2.27. The monoisotopic (exact) mass is 554 g/mol. The molecule has 0 spiro atoms. The van der Waals surface area contributed by atoms with Crippen molar-refractivity contribution in [3.8, 4) is 11.5 Å². The van der Waals surface area contributed by atoms with E-state index in [9.17, 15) is 9.59 Å². The lowest BCUT2D eigenvalue weighted by Crippen LogP contribution is -2.24. The molecule has 0 unspecified atom stereocenters. The standard InChI is InChI=1S/C22H14BrCl3N2O4/c23-15-3-7-19(32-22(30)13-1-4-16(24)5-2-13)14(9-15)11-27-28-21(29)12-31-20-8-6-17(25)10-18(20)26/h1-11H,12H2,(H,28,29)/b27-11+. The maximum Gasteiger partial charge on any atom is 0.343 e. The Hall–Kier alpha value is -2.58. The van der Waals surface area contributed by atoms with Gasteiger partial charge < -0.3 is 9.47 Å². The second kappa shape index (κ2) is 11.3. The van der Waals surface area contributed by atoms with Gasteiger partial charge in [0.2, 0.25) is 0 Å². The smallest absolute Gasteiger partial charge is 0.343 e. The van der Waals surface area contributed by atoms with Crippen LogP contribution in [0.4, 0.5) is 0 Å². The minimum atomic E-state index is -0.559. The van der Waals surface area contributed by atoms with E-state index in [0.717, 1.165) is 4.47 Å². The van der Waals surface area contributed by atoms with Gasteiger partial charge in [-0.05, 0) is 60.7 Å². The van der Waals surface area contributed by atoms with E-state index < -0.39 is 11.9 Å². The Bertz CT molecular complexity index is 1170. The highest BCUT2D eigenvalue weighted by atomic mass is 79.9. The van der Waals surface area contributed by atoms with Gasteiger partial charge in [-0.25, -0.2) is 10.2 Å². The molecule has 32 heavy (non-hydrogen) atoms. The SMILES string of the molecule is O=C(COc1ccc(Cl)cc1Cl)N/N=C/c1cc(Br)ccc1OC(=O)c1ccc(Cl)cc1. The van der Waals surface area contributed by atoms with E-state index in [1.54, 1.807) is 54.6 Å². The van der Waals surface area contributed by atoms with Crippen LogP contribution in [0.5, 0.6) is 11.5 Å². The molecule has 0 aliphatic carbocycles. The van der Waals surface area contributed by atoms with Gasteiger partial charge in [0.15, 0.2) is 6.61 Å². The minimum Gasteiger partial charge on any atom is -0.482 e. The predicted molar refractivity (Wildman–Crippen MR) is 128 cm³/mol. The van der Waals surface area contributed by atoms with E-state index >= 15 is 0 Å². The number of nitrogens with one attached hydrogen (secondary N) is 1. The third kappa shape index (κ3) is 6.97. The Morgan fingerprint density at radius 1 is 0.938 bits per heavy atom. The number of halogens is 4. The lowest BCUT2D eigenvalue weighted by Gasteiger charge is -2.09. The predicted octanol–water partition coefficient (Wildman–Crippen LogP) is 6.16. The van der Waals surface area contributed by atoms with Crippen molar-refractivity contribution in [3.63, 3.8) is 0 Å². The van der Waals surface area contributed by atoms with E-state index in [-0.39, 0.29) is 17.4 Å². The Labute approximate surface area is 207 Å². The molecule has 0 saturated heterocycles. The number of hydrogen-bond acceptors (Lipinski definition) is 5. The Morgan fingerprint density at radius 3 is 2.34 bits per heavy atom. The molecule has 0 radical (unpaired) electrons. The number of carbonyl (C=O) groups excluding carboxylic acids is 2. The van der Waals surface area contributed by atoms with Crippen molar-refractivity contribution in [1.82, 2.24) is 5.43 Å². The van der Waals surface area contributed by atoms with Crippen molar-refractivity contribution in [2.45, 2.75) is 0 Å². The molecule has 0 fully saturated rings. The average Bonchev–Trinajstić information content (AvgIpc) is 2.75. The number of carbonyl (C=O) groups is 2. The van der Waals surface area contributed by atoms with Crippen LogP contribution >= 0.6 is 50.7 Å². The van der Waals surface area contributed by atoms with Crippen molar-refractivity contribution in [2.24, 2.45) is 5.10 Å². The van der Waals surface area contributed by atoms with Crippen LogP contribution in [0.1, 0.15) is 15.9 Å². The summed E-state index contributed by atoms with van der Waals surface area (Å²) in [7, 11) is 0. The number of amides is 1. The third-order valence-corrected chi connectivity index (χ3v) is 5.18. The molecular formula is C22H14BrCl3N2O4. The number of benzene rings is 3. The molecule has 0 aromatic heterocycles. The van der Waals surface area contributed by atoms with Crippen LogP contribution in [0.2, 0.25) is 15.1 Å². The van der Waals surface area contributed by atoms with Crippen molar-refractivity contribution in [2.75, 3.05) is 6.61 Å². The Balaban J connectivity index is 1.62.